The van der Waals surface area contributed by atoms with E-state index in [-0.39, 0.29) is 18.5 Å². The van der Waals surface area contributed by atoms with Crippen LogP contribution in [-0.4, -0.2) is 31.6 Å². The fraction of sp³-hybridized carbons (Fsp3) is 0.385. The number of amides is 1. The Bertz CT molecular complexity index is 547. The van der Waals surface area contributed by atoms with Gasteiger partial charge in [0.25, 0.3) is 5.91 Å². The summed E-state index contributed by atoms with van der Waals surface area (Å²) in [5, 5.41) is 6.06. The van der Waals surface area contributed by atoms with Gasteiger partial charge in [0.15, 0.2) is 6.61 Å². The minimum atomic E-state index is -0.492. The molecule has 1 aromatic carbocycles. The van der Waals surface area contributed by atoms with Gasteiger partial charge in [0, 0.05) is 6.07 Å². The molecule has 108 valence electrons. The van der Waals surface area contributed by atoms with Crippen LogP contribution in [0.3, 0.4) is 0 Å². The SMILES string of the molecule is CCC(Nc1cc2c(cc1Cl)NC(=O)CO2)C(=O)OC. The van der Waals surface area contributed by atoms with E-state index in [0.29, 0.717) is 28.6 Å². The molecule has 1 heterocycles. The topological polar surface area (TPSA) is 76.7 Å². The number of carbonyl (C=O) groups excluding carboxylic acids is 2. The molecule has 6 nitrogen and oxygen atoms in total. The Balaban J connectivity index is 2.24. The molecule has 1 atom stereocenters. The van der Waals surface area contributed by atoms with Crippen LogP contribution in [0.25, 0.3) is 0 Å². The lowest BCUT2D eigenvalue weighted by atomic mass is 10.2. The molecule has 1 aromatic rings. The van der Waals surface area contributed by atoms with Crippen molar-refractivity contribution in [2.75, 3.05) is 24.4 Å². The highest BCUT2D eigenvalue weighted by molar-refractivity contribution is 6.33. The summed E-state index contributed by atoms with van der Waals surface area (Å²) in [6.45, 7) is 1.82. The number of anilines is 2. The first-order chi connectivity index (χ1) is 9.55. The van der Waals surface area contributed by atoms with Crippen LogP contribution in [0.5, 0.6) is 5.75 Å². The van der Waals surface area contributed by atoms with Crippen LogP contribution in [0.4, 0.5) is 11.4 Å². The summed E-state index contributed by atoms with van der Waals surface area (Å²) in [7, 11) is 1.33. The Hall–Kier alpha value is -1.95. The molecule has 2 N–H and O–H groups in total. The number of hydrogen-bond acceptors (Lipinski definition) is 5. The molecule has 0 saturated heterocycles. The highest BCUT2D eigenvalue weighted by atomic mass is 35.5. The van der Waals surface area contributed by atoms with Crippen LogP contribution < -0.4 is 15.4 Å². The summed E-state index contributed by atoms with van der Waals surface area (Å²) in [6.07, 6.45) is 0.553. The Morgan fingerprint density at radius 2 is 2.35 bits per heavy atom. The van der Waals surface area contributed by atoms with Gasteiger partial charge in [-0.15, -0.1) is 0 Å². The number of esters is 1. The van der Waals surface area contributed by atoms with Crippen LogP contribution in [-0.2, 0) is 14.3 Å². The van der Waals surface area contributed by atoms with Crippen molar-refractivity contribution in [3.63, 3.8) is 0 Å². The number of ether oxygens (including phenoxy) is 2. The van der Waals surface area contributed by atoms with Crippen molar-refractivity contribution in [2.45, 2.75) is 19.4 Å². The minimum absolute atomic E-state index is 0.0394. The van der Waals surface area contributed by atoms with Crippen molar-refractivity contribution in [1.82, 2.24) is 0 Å². The first-order valence-corrected chi connectivity index (χ1v) is 6.53. The van der Waals surface area contributed by atoms with Gasteiger partial charge in [-0.05, 0) is 12.5 Å². The Labute approximate surface area is 121 Å². The zero-order valence-electron chi connectivity index (χ0n) is 11.2. The van der Waals surface area contributed by atoms with Crippen molar-refractivity contribution < 1.29 is 19.1 Å². The first kappa shape index (κ1) is 14.5. The number of benzene rings is 1. The molecule has 0 aromatic heterocycles. The number of nitrogens with one attached hydrogen (secondary N) is 2. The van der Waals surface area contributed by atoms with Crippen LogP contribution in [0.1, 0.15) is 13.3 Å². The molecule has 7 heteroatoms. The molecule has 1 unspecified atom stereocenters. The largest absolute Gasteiger partial charge is 0.482 e. The number of fused-ring (bicyclic) bond motifs is 1. The van der Waals surface area contributed by atoms with Crippen molar-refractivity contribution in [3.8, 4) is 5.75 Å². The molecule has 0 aliphatic carbocycles. The van der Waals surface area contributed by atoms with Crippen LogP contribution in [0.2, 0.25) is 5.02 Å². The quantitative estimate of drug-likeness (QED) is 0.832. The fourth-order valence-corrected chi connectivity index (χ4v) is 2.09. The first-order valence-electron chi connectivity index (χ1n) is 6.15. The van der Waals surface area contributed by atoms with E-state index in [4.69, 9.17) is 21.1 Å². The summed E-state index contributed by atoms with van der Waals surface area (Å²) in [4.78, 5) is 22.8. The molecule has 0 fully saturated rings. The third-order valence-electron chi connectivity index (χ3n) is 2.93. The van der Waals surface area contributed by atoms with Gasteiger partial charge in [-0.1, -0.05) is 18.5 Å². The fourth-order valence-electron chi connectivity index (χ4n) is 1.87. The van der Waals surface area contributed by atoms with Gasteiger partial charge in [-0.25, -0.2) is 4.79 Å². The smallest absolute Gasteiger partial charge is 0.328 e. The number of hydrogen-bond donors (Lipinski definition) is 2. The molecule has 0 radical (unpaired) electrons. The van der Waals surface area contributed by atoms with E-state index in [1.165, 1.54) is 7.11 Å². The second kappa shape index (κ2) is 6.00. The average Bonchev–Trinajstić information content (AvgIpc) is 2.44. The molecular weight excluding hydrogens is 284 g/mol. The lowest BCUT2D eigenvalue weighted by Gasteiger charge is -2.22. The molecule has 0 saturated carbocycles. The van der Waals surface area contributed by atoms with Crippen LogP contribution in [0.15, 0.2) is 12.1 Å². The second-order valence-corrected chi connectivity index (χ2v) is 4.70. The van der Waals surface area contributed by atoms with E-state index in [9.17, 15) is 9.59 Å². The zero-order chi connectivity index (χ0) is 14.7. The monoisotopic (exact) mass is 298 g/mol. The van der Waals surface area contributed by atoms with Gasteiger partial charge in [0.2, 0.25) is 0 Å². The molecule has 1 aliphatic rings. The van der Waals surface area contributed by atoms with E-state index < -0.39 is 6.04 Å². The van der Waals surface area contributed by atoms with E-state index in [1.54, 1.807) is 12.1 Å². The average molecular weight is 299 g/mol. The summed E-state index contributed by atoms with van der Waals surface area (Å²) < 4.78 is 10.0. The van der Waals surface area contributed by atoms with E-state index in [2.05, 4.69) is 10.6 Å². The van der Waals surface area contributed by atoms with Gasteiger partial charge >= 0.3 is 5.97 Å². The Morgan fingerprint density at radius 1 is 1.60 bits per heavy atom. The number of methoxy groups -OCH3 is 1. The summed E-state index contributed by atoms with van der Waals surface area (Å²) in [5.74, 6) is -0.0815. The van der Waals surface area contributed by atoms with E-state index in [1.807, 2.05) is 6.92 Å². The zero-order valence-corrected chi connectivity index (χ0v) is 11.9. The maximum absolute atomic E-state index is 11.6. The van der Waals surface area contributed by atoms with E-state index >= 15 is 0 Å². The maximum Gasteiger partial charge on any atom is 0.328 e. The third-order valence-corrected chi connectivity index (χ3v) is 3.24. The third kappa shape index (κ3) is 2.96. The number of rotatable bonds is 4. The molecule has 0 bridgehead atoms. The lowest BCUT2D eigenvalue weighted by Crippen LogP contribution is -2.30. The molecule has 0 spiro atoms. The molecule has 1 aliphatic heterocycles. The van der Waals surface area contributed by atoms with Gasteiger partial charge in [-0.3, -0.25) is 4.79 Å². The van der Waals surface area contributed by atoms with E-state index in [0.717, 1.165) is 0 Å². The van der Waals surface area contributed by atoms with Crippen molar-refractivity contribution in [2.24, 2.45) is 0 Å². The number of carbonyl (C=O) groups is 2. The van der Waals surface area contributed by atoms with Crippen molar-refractivity contribution >= 4 is 34.9 Å². The minimum Gasteiger partial charge on any atom is -0.482 e. The highest BCUT2D eigenvalue weighted by Gasteiger charge is 2.21. The van der Waals surface area contributed by atoms with Gasteiger partial charge in [0.1, 0.15) is 11.8 Å². The predicted octanol–water partition coefficient (Wildman–Crippen LogP) is 2.03. The van der Waals surface area contributed by atoms with Gasteiger partial charge in [-0.2, -0.15) is 0 Å². The number of halogens is 1. The molecular formula is C13H15ClN2O4. The highest BCUT2D eigenvalue weighted by Crippen LogP contribution is 2.36. The predicted molar refractivity (Wildman–Crippen MR) is 75.3 cm³/mol. The Morgan fingerprint density at radius 3 is 3.00 bits per heavy atom. The normalized spacial score (nSPS) is 14.7. The summed E-state index contributed by atoms with van der Waals surface area (Å²) in [6, 6.07) is 2.75. The standard InChI is InChI=1S/C13H15ClN2O4/c1-3-8(13(18)19-2)15-9-5-11-10(4-7(9)14)16-12(17)6-20-11/h4-5,8,15H,3,6H2,1-2H3,(H,16,17). The molecule has 1 amide bonds. The second-order valence-electron chi connectivity index (χ2n) is 4.29. The molecule has 20 heavy (non-hydrogen) atoms. The maximum atomic E-state index is 11.6. The Kier molecular flexibility index (Phi) is 4.34. The summed E-state index contributed by atoms with van der Waals surface area (Å²) in [5.41, 5.74) is 1.07. The molecule has 2 rings (SSSR count). The van der Waals surface area contributed by atoms with Crippen molar-refractivity contribution in [3.05, 3.63) is 17.2 Å². The van der Waals surface area contributed by atoms with Crippen molar-refractivity contribution in [1.29, 1.82) is 0 Å². The van der Waals surface area contributed by atoms with Crippen LogP contribution >= 0.6 is 11.6 Å². The summed E-state index contributed by atoms with van der Waals surface area (Å²) >= 11 is 6.14. The van der Waals surface area contributed by atoms with Gasteiger partial charge < -0.3 is 20.1 Å². The lowest BCUT2D eigenvalue weighted by molar-refractivity contribution is -0.141. The van der Waals surface area contributed by atoms with Crippen LogP contribution in [0, 0.1) is 0 Å². The van der Waals surface area contributed by atoms with Gasteiger partial charge in [0.05, 0.1) is 23.5 Å².